The number of anilines is 2. The van der Waals surface area contributed by atoms with E-state index in [-0.39, 0.29) is 35.3 Å². The molecule has 0 bridgehead atoms. The molecule has 2 aliphatic rings. The molecule has 178 valence electrons. The monoisotopic (exact) mass is 484 g/mol. The van der Waals surface area contributed by atoms with Crippen LogP contribution in [0.5, 0.6) is 0 Å². The molecule has 5 rings (SSSR count). The van der Waals surface area contributed by atoms with Crippen molar-refractivity contribution in [3.05, 3.63) is 52.5 Å². The van der Waals surface area contributed by atoms with E-state index < -0.39 is 15.8 Å². The molecule has 2 N–H and O–H groups in total. The number of aryl methyl sites for hydroxylation is 2. The van der Waals surface area contributed by atoms with Crippen LogP contribution in [0.15, 0.2) is 50.5 Å². The average Bonchev–Trinajstić information content (AvgIpc) is 3.45. The molecule has 0 unspecified atom stereocenters. The third-order valence-electron chi connectivity index (χ3n) is 6.19. The first-order chi connectivity index (χ1) is 16.3. The molecule has 3 aromatic rings. The van der Waals surface area contributed by atoms with Crippen LogP contribution in [0.2, 0.25) is 0 Å². The Kier molecular flexibility index (Phi) is 5.74. The van der Waals surface area contributed by atoms with Crippen LogP contribution in [-0.2, 0) is 32.6 Å². The predicted octanol–water partition coefficient (Wildman–Crippen LogP) is 2.29. The number of fused-ring (bicyclic) bond motifs is 2. The molecular formula is C23H24N4O6S. The molecule has 2 aliphatic heterocycles. The minimum Gasteiger partial charge on any atom is -0.408 e. The van der Waals surface area contributed by atoms with Gasteiger partial charge < -0.3 is 15.1 Å². The van der Waals surface area contributed by atoms with Crippen molar-refractivity contribution in [2.75, 3.05) is 23.7 Å². The van der Waals surface area contributed by atoms with Crippen LogP contribution in [0.1, 0.15) is 31.2 Å². The lowest BCUT2D eigenvalue weighted by molar-refractivity contribution is -0.117. The Balaban J connectivity index is 1.28. The van der Waals surface area contributed by atoms with E-state index in [0.717, 1.165) is 24.1 Å². The number of carbonyl (C=O) groups is 2. The van der Waals surface area contributed by atoms with Gasteiger partial charge in [0.15, 0.2) is 5.58 Å². The Morgan fingerprint density at radius 1 is 1.06 bits per heavy atom. The number of hydrogen-bond acceptors (Lipinski definition) is 6. The van der Waals surface area contributed by atoms with Crippen molar-refractivity contribution in [3.8, 4) is 0 Å². The summed E-state index contributed by atoms with van der Waals surface area (Å²) in [5.74, 6) is -0.958. The second-order valence-corrected chi connectivity index (χ2v) is 10.4. The molecule has 1 aromatic heterocycles. The molecule has 11 heteroatoms. The molecule has 0 spiro atoms. The maximum Gasteiger partial charge on any atom is 0.419 e. The first-order valence-corrected chi connectivity index (χ1v) is 12.6. The molecule has 1 fully saturated rings. The average molecular weight is 485 g/mol. The van der Waals surface area contributed by atoms with Crippen molar-refractivity contribution in [2.45, 2.75) is 43.5 Å². The number of oxazole rings is 1. The molecule has 0 saturated carbocycles. The fraction of sp³-hybridized carbons (Fsp3) is 0.348. The van der Waals surface area contributed by atoms with Gasteiger partial charge >= 0.3 is 5.76 Å². The van der Waals surface area contributed by atoms with E-state index in [4.69, 9.17) is 4.42 Å². The highest BCUT2D eigenvalue weighted by Crippen LogP contribution is 2.26. The van der Waals surface area contributed by atoms with Crippen LogP contribution in [0.3, 0.4) is 0 Å². The summed E-state index contributed by atoms with van der Waals surface area (Å²) >= 11 is 0. The van der Waals surface area contributed by atoms with E-state index in [1.165, 1.54) is 21.0 Å². The number of aromatic nitrogens is 1. The van der Waals surface area contributed by atoms with Crippen molar-refractivity contribution >= 4 is 44.3 Å². The molecule has 0 atom stereocenters. The van der Waals surface area contributed by atoms with E-state index in [9.17, 15) is 22.8 Å². The topological polar surface area (TPSA) is 131 Å². The summed E-state index contributed by atoms with van der Waals surface area (Å²) in [6, 6.07) is 9.67. The van der Waals surface area contributed by atoms with Gasteiger partial charge in [-0.1, -0.05) is 0 Å². The zero-order chi connectivity index (χ0) is 23.9. The Bertz CT molecular complexity index is 1450. The van der Waals surface area contributed by atoms with Crippen molar-refractivity contribution in [3.63, 3.8) is 0 Å². The standard InChI is InChI=1S/C23H24N4O6S/c28-21-8-3-15-13-16(4-6-18(15)25-21)24-22(29)9-12-27-19-7-5-17(14-20(19)33-23(27)30)34(31,32)26-10-1-2-11-26/h4-7,13-14H,1-3,8-12H2,(H,24,29)(H,25,28). The Labute approximate surface area is 195 Å². The summed E-state index contributed by atoms with van der Waals surface area (Å²) in [6.07, 6.45) is 2.70. The maximum atomic E-state index is 12.8. The molecular weight excluding hydrogens is 460 g/mol. The van der Waals surface area contributed by atoms with E-state index >= 15 is 0 Å². The number of amides is 2. The second kappa shape index (κ2) is 8.73. The van der Waals surface area contributed by atoms with E-state index in [1.54, 1.807) is 18.2 Å². The van der Waals surface area contributed by atoms with Gasteiger partial charge in [0.05, 0.1) is 10.4 Å². The fourth-order valence-electron chi connectivity index (χ4n) is 4.39. The first-order valence-electron chi connectivity index (χ1n) is 11.2. The Morgan fingerprint density at radius 3 is 2.65 bits per heavy atom. The maximum absolute atomic E-state index is 12.8. The van der Waals surface area contributed by atoms with Crippen LogP contribution < -0.4 is 16.4 Å². The molecule has 0 aliphatic carbocycles. The second-order valence-electron chi connectivity index (χ2n) is 8.48. The molecule has 3 heterocycles. The van der Waals surface area contributed by atoms with Gasteiger partial charge in [-0.05, 0) is 55.2 Å². The van der Waals surface area contributed by atoms with Crippen LogP contribution in [0.25, 0.3) is 11.1 Å². The van der Waals surface area contributed by atoms with Crippen molar-refractivity contribution in [1.82, 2.24) is 8.87 Å². The lowest BCUT2D eigenvalue weighted by atomic mass is 10.0. The zero-order valence-corrected chi connectivity index (χ0v) is 19.2. The minimum atomic E-state index is -3.63. The summed E-state index contributed by atoms with van der Waals surface area (Å²) in [6.45, 7) is 1.05. The molecule has 0 radical (unpaired) electrons. The number of nitrogens with zero attached hydrogens (tertiary/aromatic N) is 2. The van der Waals surface area contributed by atoms with E-state index in [0.29, 0.717) is 37.1 Å². The summed E-state index contributed by atoms with van der Waals surface area (Å²) < 4.78 is 33.6. The third-order valence-corrected chi connectivity index (χ3v) is 8.08. The molecule has 2 aromatic carbocycles. The van der Waals surface area contributed by atoms with Crippen LogP contribution in [0.4, 0.5) is 11.4 Å². The zero-order valence-electron chi connectivity index (χ0n) is 18.4. The van der Waals surface area contributed by atoms with Gasteiger partial charge in [0.25, 0.3) is 0 Å². The van der Waals surface area contributed by atoms with Gasteiger partial charge in [-0.3, -0.25) is 14.2 Å². The van der Waals surface area contributed by atoms with Crippen LogP contribution >= 0.6 is 0 Å². The SMILES string of the molecule is O=C(CCn1c(=O)oc2cc(S(=O)(=O)N3CCCC3)ccc21)Nc1ccc2c(c1)CCC(=O)N2. The lowest BCUT2D eigenvalue weighted by Crippen LogP contribution is -2.27. The van der Waals surface area contributed by atoms with Gasteiger partial charge in [-0.25, -0.2) is 13.2 Å². The molecule has 10 nitrogen and oxygen atoms in total. The van der Waals surface area contributed by atoms with Crippen molar-refractivity contribution in [2.24, 2.45) is 0 Å². The summed E-state index contributed by atoms with van der Waals surface area (Å²) in [5, 5.41) is 5.61. The highest BCUT2D eigenvalue weighted by Gasteiger charge is 2.28. The smallest absolute Gasteiger partial charge is 0.408 e. The highest BCUT2D eigenvalue weighted by atomic mass is 32.2. The summed E-state index contributed by atoms with van der Waals surface area (Å²) in [7, 11) is -3.63. The number of hydrogen-bond donors (Lipinski definition) is 2. The molecule has 2 amide bonds. The van der Waals surface area contributed by atoms with Crippen LogP contribution in [-0.4, -0.2) is 42.2 Å². The van der Waals surface area contributed by atoms with Crippen molar-refractivity contribution in [1.29, 1.82) is 0 Å². The minimum absolute atomic E-state index is 0.0240. The van der Waals surface area contributed by atoms with E-state index in [2.05, 4.69) is 10.6 Å². The van der Waals surface area contributed by atoms with Gasteiger partial charge in [-0.2, -0.15) is 4.31 Å². The number of nitrogens with one attached hydrogen (secondary N) is 2. The fourth-order valence-corrected chi connectivity index (χ4v) is 5.93. The lowest BCUT2D eigenvalue weighted by Gasteiger charge is -2.17. The van der Waals surface area contributed by atoms with Gasteiger partial charge in [-0.15, -0.1) is 0 Å². The van der Waals surface area contributed by atoms with Crippen LogP contribution in [0, 0.1) is 0 Å². The third kappa shape index (κ3) is 4.24. The van der Waals surface area contributed by atoms with Gasteiger partial charge in [0, 0.05) is 49.9 Å². The predicted molar refractivity (Wildman–Crippen MR) is 125 cm³/mol. The normalized spacial score (nSPS) is 16.4. The Hall–Kier alpha value is -3.44. The summed E-state index contributed by atoms with van der Waals surface area (Å²) in [5.41, 5.74) is 2.91. The number of benzene rings is 2. The quantitative estimate of drug-likeness (QED) is 0.552. The first kappa shape index (κ1) is 22.4. The number of rotatable bonds is 6. The molecule has 34 heavy (non-hydrogen) atoms. The Morgan fingerprint density at radius 2 is 1.85 bits per heavy atom. The van der Waals surface area contributed by atoms with Gasteiger partial charge in [0.2, 0.25) is 21.8 Å². The van der Waals surface area contributed by atoms with E-state index in [1.807, 2.05) is 6.07 Å². The summed E-state index contributed by atoms with van der Waals surface area (Å²) in [4.78, 5) is 36.5. The highest BCUT2D eigenvalue weighted by molar-refractivity contribution is 7.89. The van der Waals surface area contributed by atoms with Crippen molar-refractivity contribution < 1.29 is 22.4 Å². The largest absolute Gasteiger partial charge is 0.419 e. The number of carbonyl (C=O) groups excluding carboxylic acids is 2. The molecule has 1 saturated heterocycles. The number of sulfonamides is 1. The van der Waals surface area contributed by atoms with Gasteiger partial charge in [0.1, 0.15) is 0 Å².